The van der Waals surface area contributed by atoms with Gasteiger partial charge >= 0.3 is 11.7 Å². The summed E-state index contributed by atoms with van der Waals surface area (Å²) >= 11 is 0. The van der Waals surface area contributed by atoms with Crippen molar-refractivity contribution in [3.63, 3.8) is 0 Å². The fourth-order valence-corrected chi connectivity index (χ4v) is 2.53. The molecule has 1 aromatic carbocycles. The Kier molecular flexibility index (Phi) is 4.20. The number of sulfone groups is 1. The number of carboxylic acid groups (broad SMARTS) is 1. The van der Waals surface area contributed by atoms with E-state index < -0.39 is 48.8 Å². The highest BCUT2D eigenvalue weighted by Gasteiger charge is 2.30. The maximum absolute atomic E-state index is 13.7. The molecule has 1 unspecified atom stereocenters. The second-order valence-corrected chi connectivity index (χ2v) is 6.12. The second-order valence-electron chi connectivity index (χ2n) is 3.80. The average molecular weight is 291 g/mol. The van der Waals surface area contributed by atoms with Crippen LogP contribution >= 0.6 is 0 Å². The molecule has 1 rings (SSSR count). The molecule has 7 nitrogen and oxygen atoms in total. The highest BCUT2D eigenvalue weighted by atomic mass is 32.2. The first-order valence-corrected chi connectivity index (χ1v) is 6.74. The van der Waals surface area contributed by atoms with Crippen molar-refractivity contribution in [1.82, 2.24) is 0 Å². The lowest BCUT2D eigenvalue weighted by Crippen LogP contribution is -2.28. The summed E-state index contributed by atoms with van der Waals surface area (Å²) in [6.45, 7) is 0.951. The zero-order valence-electron chi connectivity index (χ0n) is 9.74. The third-order valence-electron chi connectivity index (χ3n) is 2.50. The van der Waals surface area contributed by atoms with Crippen molar-refractivity contribution in [1.29, 1.82) is 0 Å². The third-order valence-corrected chi connectivity index (χ3v) is 4.49. The molecule has 1 aromatic rings. The Morgan fingerprint density at radius 1 is 1.53 bits per heavy atom. The van der Waals surface area contributed by atoms with E-state index in [-0.39, 0.29) is 0 Å². The van der Waals surface area contributed by atoms with Gasteiger partial charge in [-0.25, -0.2) is 8.42 Å². The van der Waals surface area contributed by atoms with E-state index >= 15 is 0 Å². The first-order chi connectivity index (χ1) is 8.66. The normalized spacial score (nSPS) is 12.9. The van der Waals surface area contributed by atoms with Gasteiger partial charge in [0, 0.05) is 11.6 Å². The molecule has 104 valence electrons. The maximum Gasteiger partial charge on any atom is 0.321 e. The number of nitro benzene ring substituents is 1. The van der Waals surface area contributed by atoms with E-state index in [0.717, 1.165) is 25.1 Å². The van der Waals surface area contributed by atoms with Crippen LogP contribution in [0.15, 0.2) is 18.2 Å². The van der Waals surface area contributed by atoms with E-state index in [1.165, 1.54) is 0 Å². The van der Waals surface area contributed by atoms with Gasteiger partial charge in [0.15, 0.2) is 15.1 Å². The van der Waals surface area contributed by atoms with Gasteiger partial charge in [0.1, 0.15) is 0 Å². The summed E-state index contributed by atoms with van der Waals surface area (Å²) < 4.78 is 37.0. The Bertz CT molecular complexity index is 627. The van der Waals surface area contributed by atoms with Crippen LogP contribution in [0, 0.1) is 15.9 Å². The van der Waals surface area contributed by atoms with Gasteiger partial charge in [0.2, 0.25) is 5.82 Å². The zero-order valence-corrected chi connectivity index (χ0v) is 10.6. The average Bonchev–Trinajstić information content (AvgIpc) is 2.30. The number of aliphatic carboxylic acids is 1. The number of nitro groups is 1. The van der Waals surface area contributed by atoms with Crippen LogP contribution in [-0.4, -0.2) is 29.7 Å². The molecular weight excluding hydrogens is 281 g/mol. The topological polar surface area (TPSA) is 115 Å². The lowest BCUT2D eigenvalue weighted by molar-refractivity contribution is -0.387. The van der Waals surface area contributed by atoms with E-state index in [0.29, 0.717) is 0 Å². The van der Waals surface area contributed by atoms with Gasteiger partial charge in [-0.3, -0.25) is 14.9 Å². The number of carbonyl (C=O) groups is 1. The molecule has 0 fully saturated rings. The van der Waals surface area contributed by atoms with Crippen molar-refractivity contribution >= 4 is 21.5 Å². The molecular formula is C10H10FNO6S. The number of nitrogens with zero attached hydrogens (tertiary/aromatic N) is 1. The fourth-order valence-electron chi connectivity index (χ4n) is 1.31. The van der Waals surface area contributed by atoms with Gasteiger partial charge in [0.25, 0.3) is 0 Å². The molecule has 0 amide bonds. The molecule has 0 aromatic heterocycles. The first kappa shape index (κ1) is 15.0. The molecule has 0 saturated carbocycles. The van der Waals surface area contributed by atoms with Gasteiger partial charge in [-0.2, -0.15) is 4.39 Å². The van der Waals surface area contributed by atoms with Gasteiger partial charge < -0.3 is 5.11 Å². The largest absolute Gasteiger partial charge is 0.480 e. The van der Waals surface area contributed by atoms with Gasteiger partial charge in [-0.05, 0) is 6.92 Å². The Morgan fingerprint density at radius 3 is 2.58 bits per heavy atom. The van der Waals surface area contributed by atoms with E-state index in [2.05, 4.69) is 0 Å². The van der Waals surface area contributed by atoms with Crippen LogP contribution in [0.3, 0.4) is 0 Å². The summed E-state index contributed by atoms with van der Waals surface area (Å²) in [5.74, 6) is -3.74. The number of hydrogen-bond acceptors (Lipinski definition) is 5. The molecule has 9 heteroatoms. The smallest absolute Gasteiger partial charge is 0.321 e. The number of carboxylic acids is 1. The van der Waals surface area contributed by atoms with Crippen LogP contribution < -0.4 is 0 Å². The third kappa shape index (κ3) is 3.25. The minimum absolute atomic E-state index is 0.428. The van der Waals surface area contributed by atoms with Crippen molar-refractivity contribution in [2.75, 3.05) is 0 Å². The van der Waals surface area contributed by atoms with Crippen LogP contribution in [0.25, 0.3) is 0 Å². The van der Waals surface area contributed by atoms with Gasteiger partial charge in [-0.15, -0.1) is 0 Å². The lowest BCUT2D eigenvalue weighted by Gasteiger charge is -2.09. The van der Waals surface area contributed by atoms with Crippen LogP contribution in [-0.2, 0) is 20.4 Å². The molecule has 0 heterocycles. The quantitative estimate of drug-likeness (QED) is 0.642. The minimum atomic E-state index is -4.14. The zero-order chi connectivity index (χ0) is 14.8. The van der Waals surface area contributed by atoms with Crippen LogP contribution in [0.4, 0.5) is 10.1 Å². The molecule has 0 aliphatic rings. The monoisotopic (exact) mass is 291 g/mol. The van der Waals surface area contributed by atoms with Crippen molar-refractivity contribution < 1.29 is 27.6 Å². The van der Waals surface area contributed by atoms with E-state index in [9.17, 15) is 27.7 Å². The molecule has 0 aliphatic carbocycles. The summed E-state index contributed by atoms with van der Waals surface area (Å²) in [5.41, 5.74) is -1.28. The van der Waals surface area contributed by atoms with Crippen LogP contribution in [0.2, 0.25) is 0 Å². The molecule has 0 bridgehead atoms. The summed E-state index contributed by atoms with van der Waals surface area (Å²) in [7, 11) is -4.14. The molecule has 1 N–H and O–H groups in total. The van der Waals surface area contributed by atoms with Crippen molar-refractivity contribution in [3.05, 3.63) is 39.7 Å². The number of rotatable bonds is 5. The molecule has 0 radical (unpaired) electrons. The van der Waals surface area contributed by atoms with E-state index in [1.54, 1.807) is 0 Å². The van der Waals surface area contributed by atoms with Gasteiger partial charge in [0.05, 0.1) is 10.7 Å². The van der Waals surface area contributed by atoms with Crippen LogP contribution in [0.5, 0.6) is 0 Å². The Balaban J connectivity index is 3.18. The molecule has 0 aliphatic heterocycles. The van der Waals surface area contributed by atoms with Crippen molar-refractivity contribution in [2.24, 2.45) is 0 Å². The Morgan fingerprint density at radius 2 is 2.11 bits per heavy atom. The predicted octanol–water partition coefficient (Wildman–Crippen LogP) is 1.12. The molecule has 0 spiro atoms. The van der Waals surface area contributed by atoms with Crippen molar-refractivity contribution in [3.8, 4) is 0 Å². The molecule has 1 atom stereocenters. The number of halogens is 1. The minimum Gasteiger partial charge on any atom is -0.480 e. The fraction of sp³-hybridized carbons (Fsp3) is 0.300. The summed E-state index contributed by atoms with van der Waals surface area (Å²) in [4.78, 5) is 20.1. The SMILES string of the molecule is CC(C(=O)O)S(=O)(=O)Cc1cccc([N+](=O)[O-])c1F. The van der Waals surface area contributed by atoms with E-state index in [4.69, 9.17) is 5.11 Å². The van der Waals surface area contributed by atoms with Gasteiger partial charge in [-0.1, -0.05) is 12.1 Å². The first-order valence-electron chi connectivity index (χ1n) is 5.03. The van der Waals surface area contributed by atoms with E-state index in [1.807, 2.05) is 0 Å². The maximum atomic E-state index is 13.7. The standard InChI is InChI=1S/C10H10FNO6S/c1-6(10(13)14)19(17,18)5-7-3-2-4-8(9(7)11)12(15)16/h2-4,6H,5H2,1H3,(H,13,14). The molecule has 19 heavy (non-hydrogen) atoms. The predicted molar refractivity (Wildman–Crippen MR) is 62.8 cm³/mol. The number of benzene rings is 1. The van der Waals surface area contributed by atoms with Crippen LogP contribution in [0.1, 0.15) is 12.5 Å². The second kappa shape index (κ2) is 5.31. The Hall–Kier alpha value is -2.03. The highest BCUT2D eigenvalue weighted by molar-refractivity contribution is 7.91. The van der Waals surface area contributed by atoms with Crippen molar-refractivity contribution in [2.45, 2.75) is 17.9 Å². The highest BCUT2D eigenvalue weighted by Crippen LogP contribution is 2.22. The summed E-state index contributed by atoms with van der Waals surface area (Å²) in [6, 6.07) is 3.10. The Labute approximate surface area is 107 Å². The lowest BCUT2D eigenvalue weighted by atomic mass is 10.2. The summed E-state index contributed by atoms with van der Waals surface area (Å²) in [5, 5.41) is 17.4. The molecule has 0 saturated heterocycles. The number of hydrogen-bond donors (Lipinski definition) is 1. The summed E-state index contributed by atoms with van der Waals surface area (Å²) in [6.07, 6.45) is 0.